The van der Waals surface area contributed by atoms with Gasteiger partial charge < -0.3 is 18.9 Å². The molecular formula is C16H15FO4. The van der Waals surface area contributed by atoms with Gasteiger partial charge in [-0.05, 0) is 18.2 Å². The van der Waals surface area contributed by atoms with E-state index >= 15 is 0 Å². The van der Waals surface area contributed by atoms with Crippen molar-refractivity contribution in [1.82, 2.24) is 0 Å². The average molecular weight is 290 g/mol. The Kier molecular flexibility index (Phi) is 3.16. The van der Waals surface area contributed by atoms with E-state index in [9.17, 15) is 4.39 Å². The minimum atomic E-state index is -0.313. The summed E-state index contributed by atoms with van der Waals surface area (Å²) in [7, 11) is 0. The average Bonchev–Trinajstić information content (AvgIpc) is 3.38. The molecule has 0 radical (unpaired) electrons. The summed E-state index contributed by atoms with van der Waals surface area (Å²) in [5.74, 6) is 0.857. The van der Waals surface area contributed by atoms with Crippen LogP contribution in [0.25, 0.3) is 10.8 Å². The van der Waals surface area contributed by atoms with E-state index in [1.807, 2.05) is 12.1 Å². The van der Waals surface area contributed by atoms with E-state index in [1.54, 1.807) is 12.1 Å². The van der Waals surface area contributed by atoms with Crippen molar-refractivity contribution in [3.8, 4) is 11.5 Å². The van der Waals surface area contributed by atoms with Gasteiger partial charge in [0.15, 0.2) is 0 Å². The lowest BCUT2D eigenvalue weighted by atomic mass is 10.1. The van der Waals surface area contributed by atoms with Gasteiger partial charge in [-0.15, -0.1) is 0 Å². The predicted octanol–water partition coefficient (Wildman–Crippen LogP) is 2.53. The topological polar surface area (TPSA) is 43.5 Å². The molecule has 0 N–H and O–H groups in total. The number of halogens is 1. The van der Waals surface area contributed by atoms with Crippen molar-refractivity contribution >= 4 is 10.8 Å². The highest BCUT2D eigenvalue weighted by atomic mass is 19.1. The maximum atomic E-state index is 14.2. The molecule has 21 heavy (non-hydrogen) atoms. The van der Waals surface area contributed by atoms with Gasteiger partial charge in [-0.2, -0.15) is 0 Å². The number of benzene rings is 2. The number of epoxide rings is 2. The fourth-order valence-electron chi connectivity index (χ4n) is 2.24. The Bertz CT molecular complexity index is 665. The van der Waals surface area contributed by atoms with Gasteiger partial charge in [0.2, 0.25) is 0 Å². The van der Waals surface area contributed by atoms with Crippen molar-refractivity contribution in [3.05, 3.63) is 36.1 Å². The first-order chi connectivity index (χ1) is 10.3. The second kappa shape index (κ2) is 5.16. The fraction of sp³-hybridized carbons (Fsp3) is 0.375. The molecule has 0 bridgehead atoms. The molecule has 2 heterocycles. The van der Waals surface area contributed by atoms with Crippen molar-refractivity contribution in [2.45, 2.75) is 12.2 Å². The molecule has 2 aliphatic heterocycles. The molecule has 2 aromatic rings. The first-order valence-corrected chi connectivity index (χ1v) is 7.01. The van der Waals surface area contributed by atoms with E-state index < -0.39 is 0 Å². The molecule has 5 heteroatoms. The Balaban J connectivity index is 1.66. The monoisotopic (exact) mass is 290 g/mol. The summed E-state index contributed by atoms with van der Waals surface area (Å²) in [6, 6.07) is 8.49. The zero-order valence-corrected chi connectivity index (χ0v) is 11.4. The van der Waals surface area contributed by atoms with Crippen molar-refractivity contribution in [3.63, 3.8) is 0 Å². The lowest BCUT2D eigenvalue weighted by Gasteiger charge is -2.12. The van der Waals surface area contributed by atoms with Crippen LogP contribution in [0.2, 0.25) is 0 Å². The molecule has 2 saturated heterocycles. The Hall–Kier alpha value is -1.85. The van der Waals surface area contributed by atoms with Crippen LogP contribution in [-0.4, -0.2) is 38.6 Å². The van der Waals surface area contributed by atoms with E-state index in [0.717, 1.165) is 6.61 Å². The second-order valence-electron chi connectivity index (χ2n) is 5.26. The van der Waals surface area contributed by atoms with Crippen LogP contribution < -0.4 is 9.47 Å². The maximum absolute atomic E-state index is 14.2. The zero-order valence-electron chi connectivity index (χ0n) is 11.4. The molecule has 2 unspecified atom stereocenters. The molecule has 0 saturated carbocycles. The number of hydrogen-bond donors (Lipinski definition) is 0. The van der Waals surface area contributed by atoms with Crippen LogP contribution in [0.5, 0.6) is 11.5 Å². The number of ether oxygens (including phenoxy) is 4. The summed E-state index contributed by atoms with van der Waals surface area (Å²) in [5, 5.41) is 1.16. The van der Waals surface area contributed by atoms with Crippen molar-refractivity contribution < 1.29 is 23.3 Å². The van der Waals surface area contributed by atoms with Gasteiger partial charge in [0.1, 0.15) is 42.7 Å². The normalized spacial score (nSPS) is 23.1. The predicted molar refractivity (Wildman–Crippen MR) is 74.4 cm³/mol. The smallest absolute Gasteiger partial charge is 0.135 e. The molecule has 2 atom stereocenters. The minimum Gasteiger partial charge on any atom is -0.490 e. The Labute approximate surface area is 121 Å². The van der Waals surface area contributed by atoms with E-state index in [-0.39, 0.29) is 18.0 Å². The van der Waals surface area contributed by atoms with Crippen molar-refractivity contribution in [2.24, 2.45) is 0 Å². The molecule has 4 nitrogen and oxygen atoms in total. The SMILES string of the molecule is Fc1ccc(OCC2CO2)c2cccc(OCC3CO3)c12. The molecule has 110 valence electrons. The first kappa shape index (κ1) is 12.9. The summed E-state index contributed by atoms with van der Waals surface area (Å²) in [5.41, 5.74) is 0. The summed E-state index contributed by atoms with van der Waals surface area (Å²) in [4.78, 5) is 0. The highest BCUT2D eigenvalue weighted by Gasteiger charge is 2.25. The van der Waals surface area contributed by atoms with Gasteiger partial charge in [-0.3, -0.25) is 0 Å². The fourth-order valence-corrected chi connectivity index (χ4v) is 2.24. The van der Waals surface area contributed by atoms with E-state index in [1.165, 1.54) is 6.07 Å². The van der Waals surface area contributed by atoms with E-state index in [0.29, 0.717) is 42.1 Å². The molecule has 2 aromatic carbocycles. The Morgan fingerprint density at radius 1 is 0.952 bits per heavy atom. The lowest BCUT2D eigenvalue weighted by Crippen LogP contribution is -2.06. The second-order valence-corrected chi connectivity index (χ2v) is 5.26. The molecule has 0 spiro atoms. The molecule has 0 aliphatic carbocycles. The maximum Gasteiger partial charge on any atom is 0.135 e. The van der Waals surface area contributed by atoms with Gasteiger partial charge in [-0.1, -0.05) is 12.1 Å². The van der Waals surface area contributed by atoms with E-state index in [4.69, 9.17) is 18.9 Å². The standard InChI is InChI=1S/C16H15FO4/c17-13-4-5-14(20-8-10-6-18-10)12-2-1-3-15(16(12)13)21-9-11-7-19-11/h1-5,10-11H,6-9H2. The van der Waals surface area contributed by atoms with Crippen LogP contribution in [-0.2, 0) is 9.47 Å². The molecule has 0 amide bonds. The highest BCUT2D eigenvalue weighted by molar-refractivity contribution is 5.93. The highest BCUT2D eigenvalue weighted by Crippen LogP contribution is 2.35. The van der Waals surface area contributed by atoms with Crippen LogP contribution >= 0.6 is 0 Å². The Morgan fingerprint density at radius 3 is 2.29 bits per heavy atom. The number of hydrogen-bond acceptors (Lipinski definition) is 4. The van der Waals surface area contributed by atoms with Crippen LogP contribution in [0.15, 0.2) is 30.3 Å². The molecule has 2 fully saturated rings. The van der Waals surface area contributed by atoms with Crippen LogP contribution in [0, 0.1) is 5.82 Å². The lowest BCUT2D eigenvalue weighted by molar-refractivity contribution is 0.263. The molecular weight excluding hydrogens is 275 g/mol. The van der Waals surface area contributed by atoms with Gasteiger partial charge in [0, 0.05) is 5.39 Å². The van der Waals surface area contributed by atoms with Gasteiger partial charge in [0.25, 0.3) is 0 Å². The zero-order chi connectivity index (χ0) is 14.2. The largest absolute Gasteiger partial charge is 0.490 e. The van der Waals surface area contributed by atoms with Crippen molar-refractivity contribution in [1.29, 1.82) is 0 Å². The molecule has 4 rings (SSSR count). The van der Waals surface area contributed by atoms with Crippen LogP contribution in [0.3, 0.4) is 0 Å². The van der Waals surface area contributed by atoms with Crippen LogP contribution in [0.4, 0.5) is 4.39 Å². The van der Waals surface area contributed by atoms with Crippen molar-refractivity contribution in [2.75, 3.05) is 26.4 Å². The van der Waals surface area contributed by atoms with Gasteiger partial charge in [0.05, 0.1) is 18.6 Å². The van der Waals surface area contributed by atoms with Crippen LogP contribution in [0.1, 0.15) is 0 Å². The summed E-state index contributed by atoms with van der Waals surface area (Å²) < 4.78 is 35.8. The molecule has 2 aliphatic rings. The number of fused-ring (bicyclic) bond motifs is 1. The summed E-state index contributed by atoms with van der Waals surface area (Å²) in [6.07, 6.45) is 0.298. The quantitative estimate of drug-likeness (QED) is 0.767. The summed E-state index contributed by atoms with van der Waals surface area (Å²) in [6.45, 7) is 2.37. The van der Waals surface area contributed by atoms with E-state index in [2.05, 4.69) is 0 Å². The van der Waals surface area contributed by atoms with Gasteiger partial charge >= 0.3 is 0 Å². The minimum absolute atomic E-state index is 0.134. The number of rotatable bonds is 6. The Morgan fingerprint density at radius 2 is 1.62 bits per heavy atom. The summed E-state index contributed by atoms with van der Waals surface area (Å²) >= 11 is 0. The molecule has 0 aromatic heterocycles. The first-order valence-electron chi connectivity index (χ1n) is 7.01. The third-order valence-electron chi connectivity index (χ3n) is 3.57. The van der Waals surface area contributed by atoms with Gasteiger partial charge in [-0.25, -0.2) is 4.39 Å². The third-order valence-corrected chi connectivity index (χ3v) is 3.57. The third kappa shape index (κ3) is 2.80.